The summed E-state index contributed by atoms with van der Waals surface area (Å²) < 4.78 is 7.62. The molecule has 0 saturated heterocycles. The second-order valence-corrected chi connectivity index (χ2v) is 6.89. The van der Waals surface area contributed by atoms with Crippen LogP contribution in [-0.4, -0.2) is 14.8 Å². The Morgan fingerprint density at radius 1 is 0.733 bits per heavy atom. The van der Waals surface area contributed by atoms with Gasteiger partial charge in [0.2, 0.25) is 0 Å². The molecule has 146 valence electrons. The van der Waals surface area contributed by atoms with Crippen molar-refractivity contribution in [2.45, 2.75) is 0 Å². The molecule has 2 aromatic heterocycles. The summed E-state index contributed by atoms with van der Waals surface area (Å²) in [5.41, 5.74) is 16.3. The number of nitrogens with zero attached hydrogens (tertiary/aromatic N) is 3. The van der Waals surface area contributed by atoms with Gasteiger partial charge in [0.15, 0.2) is 11.5 Å². The fourth-order valence-corrected chi connectivity index (χ4v) is 3.43. The molecule has 5 aromatic rings. The van der Waals surface area contributed by atoms with Crippen molar-refractivity contribution in [3.05, 3.63) is 91.1 Å². The number of nitrogens with two attached hydrogens (primary N) is 2. The Bertz CT molecular complexity index is 1310. The van der Waals surface area contributed by atoms with Crippen LogP contribution in [0.5, 0.6) is 11.5 Å². The van der Waals surface area contributed by atoms with Crippen LogP contribution in [0.3, 0.4) is 0 Å². The van der Waals surface area contributed by atoms with Gasteiger partial charge in [0.05, 0.1) is 11.1 Å². The minimum absolute atomic E-state index is 0.425. The molecule has 30 heavy (non-hydrogen) atoms. The average molecular weight is 393 g/mol. The van der Waals surface area contributed by atoms with Gasteiger partial charge in [0.1, 0.15) is 11.5 Å². The number of fused-ring (bicyclic) bond motifs is 1. The SMILES string of the molecule is Nc1ccc(-n2nc(N)c3c(-c4ccc(Oc5ccccc5)cc4)ccnc32)cc1. The maximum absolute atomic E-state index is 6.29. The van der Waals surface area contributed by atoms with Gasteiger partial charge in [-0.05, 0) is 65.7 Å². The van der Waals surface area contributed by atoms with Gasteiger partial charge in [-0.2, -0.15) is 0 Å². The molecule has 4 N–H and O–H groups in total. The summed E-state index contributed by atoms with van der Waals surface area (Å²) in [6.07, 6.45) is 1.76. The number of hydrogen-bond donors (Lipinski definition) is 2. The zero-order chi connectivity index (χ0) is 20.5. The van der Waals surface area contributed by atoms with E-state index in [0.29, 0.717) is 17.2 Å². The number of pyridine rings is 1. The number of para-hydroxylation sites is 1. The monoisotopic (exact) mass is 393 g/mol. The van der Waals surface area contributed by atoms with Crippen LogP contribution < -0.4 is 16.2 Å². The topological polar surface area (TPSA) is 92.0 Å². The van der Waals surface area contributed by atoms with Crippen LogP contribution in [0.25, 0.3) is 27.8 Å². The molecule has 0 bridgehead atoms. The molecular formula is C24H19N5O. The van der Waals surface area contributed by atoms with Crippen molar-refractivity contribution in [1.29, 1.82) is 0 Å². The smallest absolute Gasteiger partial charge is 0.165 e. The summed E-state index contributed by atoms with van der Waals surface area (Å²) in [6, 6.07) is 27.0. The third kappa shape index (κ3) is 3.20. The molecule has 0 aliphatic heterocycles. The van der Waals surface area contributed by atoms with Gasteiger partial charge in [-0.1, -0.05) is 30.3 Å². The Balaban J connectivity index is 1.54. The molecule has 0 spiro atoms. The molecule has 6 heteroatoms. The minimum Gasteiger partial charge on any atom is -0.457 e. The number of rotatable bonds is 4. The summed E-state index contributed by atoms with van der Waals surface area (Å²) in [5.74, 6) is 1.99. The van der Waals surface area contributed by atoms with E-state index >= 15 is 0 Å². The average Bonchev–Trinajstić information content (AvgIpc) is 3.12. The first-order valence-corrected chi connectivity index (χ1v) is 9.51. The fourth-order valence-electron chi connectivity index (χ4n) is 3.43. The second kappa shape index (κ2) is 7.25. The van der Waals surface area contributed by atoms with Crippen LogP contribution in [0.4, 0.5) is 11.5 Å². The van der Waals surface area contributed by atoms with Crippen LogP contribution in [-0.2, 0) is 0 Å². The zero-order valence-electron chi connectivity index (χ0n) is 16.1. The Hall–Kier alpha value is -4.32. The third-order valence-corrected chi connectivity index (χ3v) is 4.88. The quantitative estimate of drug-likeness (QED) is 0.417. The molecule has 0 aliphatic carbocycles. The fraction of sp³-hybridized carbons (Fsp3) is 0. The molecule has 6 nitrogen and oxygen atoms in total. The lowest BCUT2D eigenvalue weighted by Crippen LogP contribution is -1.98. The summed E-state index contributed by atoms with van der Waals surface area (Å²) >= 11 is 0. The van der Waals surface area contributed by atoms with E-state index in [1.54, 1.807) is 10.9 Å². The van der Waals surface area contributed by atoms with Crippen molar-refractivity contribution in [2.75, 3.05) is 11.5 Å². The van der Waals surface area contributed by atoms with Crippen molar-refractivity contribution in [3.63, 3.8) is 0 Å². The van der Waals surface area contributed by atoms with Gasteiger partial charge >= 0.3 is 0 Å². The highest BCUT2D eigenvalue weighted by Crippen LogP contribution is 2.34. The molecule has 0 fully saturated rings. The Morgan fingerprint density at radius 3 is 2.17 bits per heavy atom. The van der Waals surface area contributed by atoms with Crippen LogP contribution in [0, 0.1) is 0 Å². The van der Waals surface area contributed by atoms with Gasteiger partial charge < -0.3 is 16.2 Å². The number of nitrogen functional groups attached to an aromatic ring is 2. The van der Waals surface area contributed by atoms with Gasteiger partial charge in [0, 0.05) is 11.9 Å². The minimum atomic E-state index is 0.425. The Labute approximate surface area is 173 Å². The van der Waals surface area contributed by atoms with E-state index in [9.17, 15) is 0 Å². The molecule has 0 radical (unpaired) electrons. The molecule has 0 unspecified atom stereocenters. The van der Waals surface area contributed by atoms with E-state index in [0.717, 1.165) is 33.7 Å². The predicted octanol–water partition coefficient (Wildman–Crippen LogP) is 5.04. The van der Waals surface area contributed by atoms with Gasteiger partial charge in [-0.15, -0.1) is 5.10 Å². The van der Waals surface area contributed by atoms with E-state index in [2.05, 4.69) is 10.1 Å². The lowest BCUT2D eigenvalue weighted by molar-refractivity contribution is 0.483. The Kier molecular flexibility index (Phi) is 4.29. The highest BCUT2D eigenvalue weighted by molar-refractivity contribution is 6.00. The van der Waals surface area contributed by atoms with Crippen molar-refractivity contribution < 1.29 is 4.74 Å². The number of aromatic nitrogens is 3. The predicted molar refractivity (Wildman–Crippen MR) is 120 cm³/mol. The highest BCUT2D eigenvalue weighted by atomic mass is 16.5. The number of benzene rings is 3. The third-order valence-electron chi connectivity index (χ3n) is 4.88. The van der Waals surface area contributed by atoms with Gasteiger partial charge in [0.25, 0.3) is 0 Å². The Morgan fingerprint density at radius 2 is 1.43 bits per heavy atom. The van der Waals surface area contributed by atoms with E-state index in [1.807, 2.05) is 84.9 Å². The van der Waals surface area contributed by atoms with E-state index in [4.69, 9.17) is 16.2 Å². The van der Waals surface area contributed by atoms with Gasteiger partial charge in [-0.25, -0.2) is 9.67 Å². The highest BCUT2D eigenvalue weighted by Gasteiger charge is 2.16. The lowest BCUT2D eigenvalue weighted by atomic mass is 10.0. The molecule has 3 aromatic carbocycles. The van der Waals surface area contributed by atoms with Crippen LogP contribution in [0.1, 0.15) is 0 Å². The number of ether oxygens (including phenoxy) is 1. The summed E-state index contributed by atoms with van der Waals surface area (Å²) in [5, 5.41) is 5.33. The molecule has 0 amide bonds. The zero-order valence-corrected chi connectivity index (χ0v) is 16.1. The molecular weight excluding hydrogens is 374 g/mol. The molecule has 2 heterocycles. The molecule has 0 atom stereocenters. The van der Waals surface area contributed by atoms with Crippen molar-refractivity contribution >= 4 is 22.5 Å². The molecule has 5 rings (SSSR count). The van der Waals surface area contributed by atoms with Crippen molar-refractivity contribution in [3.8, 4) is 28.3 Å². The number of anilines is 2. The van der Waals surface area contributed by atoms with E-state index in [1.165, 1.54) is 0 Å². The van der Waals surface area contributed by atoms with Crippen molar-refractivity contribution in [2.24, 2.45) is 0 Å². The first-order chi connectivity index (χ1) is 14.7. The van der Waals surface area contributed by atoms with Crippen LogP contribution in [0.2, 0.25) is 0 Å². The first kappa shape index (κ1) is 17.8. The van der Waals surface area contributed by atoms with Gasteiger partial charge in [-0.3, -0.25) is 0 Å². The normalized spacial score (nSPS) is 10.9. The van der Waals surface area contributed by atoms with Crippen LogP contribution in [0.15, 0.2) is 91.1 Å². The lowest BCUT2D eigenvalue weighted by Gasteiger charge is -2.08. The largest absolute Gasteiger partial charge is 0.457 e. The first-order valence-electron chi connectivity index (χ1n) is 9.51. The maximum Gasteiger partial charge on any atom is 0.165 e. The van der Waals surface area contributed by atoms with E-state index in [-0.39, 0.29) is 0 Å². The second-order valence-electron chi connectivity index (χ2n) is 6.89. The van der Waals surface area contributed by atoms with Crippen LogP contribution >= 0.6 is 0 Å². The maximum atomic E-state index is 6.29. The molecule has 0 aliphatic rings. The molecule has 0 saturated carbocycles. The summed E-state index contributed by atoms with van der Waals surface area (Å²) in [7, 11) is 0. The summed E-state index contributed by atoms with van der Waals surface area (Å²) in [6.45, 7) is 0. The standard InChI is InChI=1S/C24H19N5O/c25-17-8-10-18(11-9-17)29-24-22(23(26)28-29)21(14-15-27-24)16-6-12-20(13-7-16)30-19-4-2-1-3-5-19/h1-15H,25H2,(H2,26,28). The number of hydrogen-bond acceptors (Lipinski definition) is 5. The van der Waals surface area contributed by atoms with E-state index < -0.39 is 0 Å². The van der Waals surface area contributed by atoms with Crippen molar-refractivity contribution in [1.82, 2.24) is 14.8 Å². The summed E-state index contributed by atoms with van der Waals surface area (Å²) in [4.78, 5) is 4.52.